The molecule has 106 valence electrons. The predicted octanol–water partition coefficient (Wildman–Crippen LogP) is 1.12. The third kappa shape index (κ3) is 2.34. The molecule has 0 spiro atoms. The third-order valence-corrected chi connectivity index (χ3v) is 3.44. The Kier molecular flexibility index (Phi) is 2.90. The molecule has 0 unspecified atom stereocenters. The van der Waals surface area contributed by atoms with Crippen molar-refractivity contribution in [1.29, 1.82) is 0 Å². The highest BCUT2D eigenvalue weighted by Crippen LogP contribution is 2.21. The molecule has 2 heterocycles. The van der Waals surface area contributed by atoms with Gasteiger partial charge in [-0.05, 0) is 32.0 Å². The Morgan fingerprint density at radius 1 is 1.45 bits per heavy atom. The predicted molar refractivity (Wildman–Crippen MR) is 79.0 cm³/mol. The van der Waals surface area contributed by atoms with Crippen LogP contribution in [0.2, 0.25) is 0 Å². The molecule has 6 heteroatoms. The average Bonchev–Trinajstić information content (AvgIpc) is 2.38. The van der Waals surface area contributed by atoms with E-state index < -0.39 is 0 Å². The first kappa shape index (κ1) is 12.9. The third-order valence-electron chi connectivity index (χ3n) is 3.44. The lowest BCUT2D eigenvalue weighted by molar-refractivity contribution is -0.0281. The van der Waals surface area contributed by atoms with Gasteiger partial charge in [0, 0.05) is 18.8 Å². The monoisotopic (exact) mass is 274 g/mol. The van der Waals surface area contributed by atoms with Crippen LogP contribution in [0.4, 0.5) is 11.6 Å². The van der Waals surface area contributed by atoms with E-state index in [1.807, 2.05) is 18.7 Å². The fraction of sp³-hybridized carbons (Fsp3) is 0.429. The highest BCUT2D eigenvalue weighted by atomic mass is 16.5. The van der Waals surface area contributed by atoms with E-state index in [1.165, 1.54) is 0 Å². The van der Waals surface area contributed by atoms with E-state index in [0.29, 0.717) is 42.2 Å². The first-order valence-corrected chi connectivity index (χ1v) is 6.63. The number of hydrogen-bond acceptors (Lipinski definition) is 5. The van der Waals surface area contributed by atoms with Crippen molar-refractivity contribution in [3.05, 3.63) is 28.6 Å². The first-order valence-electron chi connectivity index (χ1n) is 6.63. The smallest absolute Gasteiger partial charge is 0.260 e. The summed E-state index contributed by atoms with van der Waals surface area (Å²) in [6.07, 6.45) is 0. The molecule has 3 rings (SSSR count). The van der Waals surface area contributed by atoms with Crippen molar-refractivity contribution < 1.29 is 4.74 Å². The number of hydrogen-bond donors (Lipinski definition) is 2. The van der Waals surface area contributed by atoms with E-state index in [0.717, 1.165) is 0 Å². The number of fused-ring (bicyclic) bond motifs is 1. The van der Waals surface area contributed by atoms with Gasteiger partial charge in [0.25, 0.3) is 5.56 Å². The molecule has 1 aromatic heterocycles. The lowest BCUT2D eigenvalue weighted by Gasteiger charge is -2.38. The van der Waals surface area contributed by atoms with Gasteiger partial charge in [0.1, 0.15) is 0 Å². The molecular weight excluding hydrogens is 256 g/mol. The van der Waals surface area contributed by atoms with E-state index in [4.69, 9.17) is 10.5 Å². The second-order valence-corrected chi connectivity index (χ2v) is 5.70. The molecule has 3 N–H and O–H groups in total. The zero-order valence-electron chi connectivity index (χ0n) is 11.6. The van der Waals surface area contributed by atoms with Crippen LogP contribution < -0.4 is 16.2 Å². The Morgan fingerprint density at radius 2 is 2.25 bits per heavy atom. The SMILES string of the molecule is CC1(C)CN(c2nc3ccc(N)cc3c(=O)[nH]2)CCO1. The van der Waals surface area contributed by atoms with Gasteiger partial charge in [-0.25, -0.2) is 4.98 Å². The molecule has 1 fully saturated rings. The zero-order chi connectivity index (χ0) is 14.3. The van der Waals surface area contributed by atoms with Gasteiger partial charge in [0.2, 0.25) is 5.95 Å². The van der Waals surface area contributed by atoms with Crippen LogP contribution in [0.15, 0.2) is 23.0 Å². The number of aromatic nitrogens is 2. The summed E-state index contributed by atoms with van der Waals surface area (Å²) in [5, 5.41) is 0.515. The summed E-state index contributed by atoms with van der Waals surface area (Å²) in [6.45, 7) is 6.08. The molecular formula is C14H18N4O2. The number of nitrogens with one attached hydrogen (secondary N) is 1. The lowest BCUT2D eigenvalue weighted by Crippen LogP contribution is -2.49. The van der Waals surface area contributed by atoms with Crippen molar-refractivity contribution in [1.82, 2.24) is 9.97 Å². The molecule has 0 saturated carbocycles. The number of rotatable bonds is 1. The van der Waals surface area contributed by atoms with Crippen molar-refractivity contribution in [3.63, 3.8) is 0 Å². The molecule has 1 aliphatic heterocycles. The number of aromatic amines is 1. The van der Waals surface area contributed by atoms with Crippen LogP contribution in [0.1, 0.15) is 13.8 Å². The Labute approximate surface area is 116 Å². The van der Waals surface area contributed by atoms with E-state index in [1.54, 1.807) is 18.2 Å². The van der Waals surface area contributed by atoms with Crippen LogP contribution in [-0.4, -0.2) is 35.3 Å². The van der Waals surface area contributed by atoms with Gasteiger partial charge in [-0.1, -0.05) is 0 Å². The number of nitrogen functional groups attached to an aromatic ring is 1. The van der Waals surface area contributed by atoms with Gasteiger partial charge >= 0.3 is 0 Å². The Morgan fingerprint density at radius 3 is 3.00 bits per heavy atom. The average molecular weight is 274 g/mol. The van der Waals surface area contributed by atoms with Crippen LogP contribution in [0.25, 0.3) is 10.9 Å². The molecule has 2 aromatic rings. The van der Waals surface area contributed by atoms with Crippen molar-refractivity contribution >= 4 is 22.5 Å². The van der Waals surface area contributed by atoms with E-state index in [2.05, 4.69) is 9.97 Å². The van der Waals surface area contributed by atoms with Gasteiger partial charge in [0.15, 0.2) is 0 Å². The molecule has 1 aromatic carbocycles. The van der Waals surface area contributed by atoms with Crippen molar-refractivity contribution in [2.24, 2.45) is 0 Å². The van der Waals surface area contributed by atoms with Gasteiger partial charge in [-0.15, -0.1) is 0 Å². The summed E-state index contributed by atoms with van der Waals surface area (Å²) in [5.74, 6) is 0.587. The van der Waals surface area contributed by atoms with E-state index >= 15 is 0 Å². The topological polar surface area (TPSA) is 84.2 Å². The highest BCUT2D eigenvalue weighted by molar-refractivity contribution is 5.81. The molecule has 0 atom stereocenters. The van der Waals surface area contributed by atoms with E-state index in [-0.39, 0.29) is 11.2 Å². The van der Waals surface area contributed by atoms with Crippen molar-refractivity contribution in [2.75, 3.05) is 30.3 Å². The molecule has 20 heavy (non-hydrogen) atoms. The molecule has 0 aliphatic carbocycles. The number of nitrogens with two attached hydrogens (primary N) is 1. The highest BCUT2D eigenvalue weighted by Gasteiger charge is 2.28. The fourth-order valence-electron chi connectivity index (χ4n) is 2.49. The molecule has 0 bridgehead atoms. The number of morpholine rings is 1. The summed E-state index contributed by atoms with van der Waals surface area (Å²) in [4.78, 5) is 21.5. The molecule has 6 nitrogen and oxygen atoms in total. The largest absolute Gasteiger partial charge is 0.399 e. The number of anilines is 2. The van der Waals surface area contributed by atoms with E-state index in [9.17, 15) is 4.79 Å². The number of ether oxygens (including phenoxy) is 1. The van der Waals surface area contributed by atoms with Crippen molar-refractivity contribution in [2.45, 2.75) is 19.4 Å². The first-order chi connectivity index (χ1) is 9.44. The van der Waals surface area contributed by atoms with Crippen LogP contribution in [0.5, 0.6) is 0 Å². The summed E-state index contributed by atoms with van der Waals surface area (Å²) in [6, 6.07) is 5.17. The maximum atomic E-state index is 12.1. The van der Waals surface area contributed by atoms with Gasteiger partial charge in [-0.3, -0.25) is 9.78 Å². The molecule has 0 amide bonds. The maximum absolute atomic E-state index is 12.1. The quantitative estimate of drug-likeness (QED) is 0.761. The van der Waals surface area contributed by atoms with Gasteiger partial charge < -0.3 is 15.4 Å². The maximum Gasteiger partial charge on any atom is 0.260 e. The minimum atomic E-state index is -0.243. The number of benzene rings is 1. The number of H-pyrrole nitrogens is 1. The van der Waals surface area contributed by atoms with Crippen molar-refractivity contribution in [3.8, 4) is 0 Å². The molecule has 0 radical (unpaired) electrons. The van der Waals surface area contributed by atoms with Crippen LogP contribution in [0.3, 0.4) is 0 Å². The standard InChI is InChI=1S/C14H18N4O2/c1-14(2)8-18(5-6-20-14)13-16-11-4-3-9(15)7-10(11)12(19)17-13/h3-4,7H,5-6,8,15H2,1-2H3,(H,16,17,19). The normalized spacial score (nSPS) is 18.4. The van der Waals surface area contributed by atoms with Crippen LogP contribution in [-0.2, 0) is 4.74 Å². The van der Waals surface area contributed by atoms with Crippen LogP contribution in [0, 0.1) is 0 Å². The fourth-order valence-corrected chi connectivity index (χ4v) is 2.49. The molecule has 1 aliphatic rings. The summed E-state index contributed by atoms with van der Waals surface area (Å²) in [7, 11) is 0. The Balaban J connectivity index is 2.05. The van der Waals surface area contributed by atoms with Gasteiger partial charge in [0.05, 0.1) is 23.1 Å². The van der Waals surface area contributed by atoms with Gasteiger partial charge in [-0.2, -0.15) is 0 Å². The molecule has 1 saturated heterocycles. The zero-order valence-corrected chi connectivity index (χ0v) is 11.6. The van der Waals surface area contributed by atoms with Crippen LogP contribution >= 0.6 is 0 Å². The minimum absolute atomic E-state index is 0.165. The second kappa shape index (κ2) is 4.49. The Hall–Kier alpha value is -2.08. The summed E-state index contributed by atoms with van der Waals surface area (Å²) >= 11 is 0. The Bertz CT molecular complexity index is 708. The number of nitrogens with zero attached hydrogens (tertiary/aromatic N) is 2. The minimum Gasteiger partial charge on any atom is -0.399 e. The summed E-state index contributed by atoms with van der Waals surface area (Å²) in [5.41, 5.74) is 6.51. The second-order valence-electron chi connectivity index (χ2n) is 5.70. The summed E-state index contributed by atoms with van der Waals surface area (Å²) < 4.78 is 5.67. The lowest BCUT2D eigenvalue weighted by atomic mass is 10.1.